The number of amides is 2. The lowest BCUT2D eigenvalue weighted by Crippen LogP contribution is -2.19. The van der Waals surface area contributed by atoms with Crippen molar-refractivity contribution < 1.29 is 28.0 Å². The molecule has 0 bridgehead atoms. The molecule has 14 heteroatoms. The molecular formula is C13H9F3N6O3S2. The summed E-state index contributed by atoms with van der Waals surface area (Å²) >= 11 is 1.31. The van der Waals surface area contributed by atoms with Gasteiger partial charge in [0.25, 0.3) is 5.91 Å². The van der Waals surface area contributed by atoms with Gasteiger partial charge in [0, 0.05) is 6.20 Å². The van der Waals surface area contributed by atoms with Crippen molar-refractivity contribution in [1.82, 2.24) is 25.5 Å². The van der Waals surface area contributed by atoms with Gasteiger partial charge in [-0.1, -0.05) is 11.3 Å². The number of alkyl halides is 3. The molecule has 3 aromatic heterocycles. The Balaban J connectivity index is 1.63. The number of aromatic nitrogens is 4. The summed E-state index contributed by atoms with van der Waals surface area (Å²) in [5.41, 5.74) is 2.01. The van der Waals surface area contributed by atoms with Gasteiger partial charge in [0.2, 0.25) is 16.0 Å². The summed E-state index contributed by atoms with van der Waals surface area (Å²) < 4.78 is 38.7. The van der Waals surface area contributed by atoms with E-state index in [1.165, 1.54) is 22.4 Å². The third kappa shape index (κ3) is 4.47. The predicted octanol–water partition coefficient (Wildman–Crippen LogP) is 2.24. The second-order valence-corrected chi connectivity index (χ2v) is 7.02. The molecule has 0 unspecified atom stereocenters. The first-order valence-corrected chi connectivity index (χ1v) is 8.68. The number of halogens is 3. The van der Waals surface area contributed by atoms with E-state index in [1.54, 1.807) is 12.1 Å². The standard InChI is InChI=1S/C13H9F3N6O3S2/c14-13(15,16)11-18-19-12(27-11)17-9(23)5-22-4-3-6(20-22)7-1-2-8(26-7)10(24)21-25/h1-4,25H,5H2,(H,21,24)(H,17,19,23). The summed E-state index contributed by atoms with van der Waals surface area (Å²) in [7, 11) is 0. The summed E-state index contributed by atoms with van der Waals surface area (Å²) in [4.78, 5) is 24.2. The molecule has 142 valence electrons. The first-order chi connectivity index (χ1) is 12.8. The van der Waals surface area contributed by atoms with Gasteiger partial charge in [-0.25, -0.2) is 5.48 Å². The minimum Gasteiger partial charge on any atom is -0.299 e. The lowest BCUT2D eigenvalue weighted by atomic mass is 10.3. The molecule has 3 aromatic rings. The fourth-order valence-corrected chi connectivity index (χ4v) is 3.42. The fraction of sp³-hybridized carbons (Fsp3) is 0.154. The molecule has 0 aliphatic carbocycles. The van der Waals surface area contributed by atoms with Crippen LogP contribution in [0.15, 0.2) is 24.4 Å². The minimum absolute atomic E-state index is 0.223. The Morgan fingerprint density at radius 1 is 1.19 bits per heavy atom. The van der Waals surface area contributed by atoms with Crippen molar-refractivity contribution in [2.24, 2.45) is 0 Å². The van der Waals surface area contributed by atoms with E-state index < -0.39 is 23.0 Å². The molecule has 0 aliphatic heterocycles. The molecule has 3 N–H and O–H groups in total. The van der Waals surface area contributed by atoms with E-state index in [4.69, 9.17) is 5.21 Å². The third-order valence-corrected chi connectivity index (χ3v) is 5.03. The molecule has 9 nitrogen and oxygen atoms in total. The third-order valence-electron chi connectivity index (χ3n) is 3.04. The number of nitrogens with one attached hydrogen (secondary N) is 2. The van der Waals surface area contributed by atoms with Gasteiger partial charge < -0.3 is 0 Å². The first-order valence-electron chi connectivity index (χ1n) is 7.05. The number of hydroxylamine groups is 1. The topological polar surface area (TPSA) is 122 Å². The normalized spacial score (nSPS) is 11.4. The Morgan fingerprint density at radius 2 is 1.96 bits per heavy atom. The summed E-state index contributed by atoms with van der Waals surface area (Å²) in [5.74, 6) is -1.28. The van der Waals surface area contributed by atoms with Crippen molar-refractivity contribution in [3.05, 3.63) is 34.3 Å². The number of anilines is 1. The molecule has 0 spiro atoms. The number of thiophene rings is 1. The molecule has 3 rings (SSSR count). The van der Waals surface area contributed by atoms with Crippen LogP contribution in [0.2, 0.25) is 0 Å². The zero-order chi connectivity index (χ0) is 19.6. The second-order valence-electron chi connectivity index (χ2n) is 4.96. The Hall–Kier alpha value is -2.84. The maximum Gasteiger partial charge on any atom is 0.445 e. The Labute approximate surface area is 156 Å². The van der Waals surface area contributed by atoms with Crippen LogP contribution in [0, 0.1) is 0 Å². The van der Waals surface area contributed by atoms with E-state index in [-0.39, 0.29) is 27.9 Å². The van der Waals surface area contributed by atoms with Crippen molar-refractivity contribution in [3.8, 4) is 10.6 Å². The average Bonchev–Trinajstić information content (AvgIpc) is 3.33. The van der Waals surface area contributed by atoms with E-state index in [2.05, 4.69) is 20.6 Å². The van der Waals surface area contributed by atoms with Crippen LogP contribution in [0.25, 0.3) is 10.6 Å². The largest absolute Gasteiger partial charge is 0.445 e. The summed E-state index contributed by atoms with van der Waals surface area (Å²) in [6.45, 7) is -0.254. The summed E-state index contributed by atoms with van der Waals surface area (Å²) in [6, 6.07) is 4.74. The van der Waals surface area contributed by atoms with E-state index in [1.807, 2.05) is 0 Å². The zero-order valence-electron chi connectivity index (χ0n) is 13.0. The molecule has 0 atom stereocenters. The second kappa shape index (κ2) is 7.42. The van der Waals surface area contributed by atoms with Crippen LogP contribution in [0.5, 0.6) is 0 Å². The highest BCUT2D eigenvalue weighted by molar-refractivity contribution is 7.17. The van der Waals surface area contributed by atoms with Gasteiger partial charge in [0.05, 0.1) is 9.75 Å². The summed E-state index contributed by atoms with van der Waals surface area (Å²) in [6.07, 6.45) is -3.12. The van der Waals surface area contributed by atoms with Gasteiger partial charge in [0.1, 0.15) is 12.2 Å². The van der Waals surface area contributed by atoms with Gasteiger partial charge in [-0.15, -0.1) is 21.5 Å². The molecule has 0 saturated carbocycles. The number of carbonyl (C=O) groups is 2. The first kappa shape index (κ1) is 18.9. The molecule has 2 amide bonds. The van der Waals surface area contributed by atoms with E-state index >= 15 is 0 Å². The molecule has 0 saturated heterocycles. The fourth-order valence-electron chi connectivity index (χ4n) is 1.93. The molecule has 0 radical (unpaired) electrons. The van der Waals surface area contributed by atoms with Crippen LogP contribution >= 0.6 is 22.7 Å². The Morgan fingerprint density at radius 3 is 2.63 bits per heavy atom. The van der Waals surface area contributed by atoms with Crippen molar-refractivity contribution >= 4 is 39.6 Å². The van der Waals surface area contributed by atoms with Crippen LogP contribution in [0.4, 0.5) is 18.3 Å². The number of carbonyl (C=O) groups excluding carboxylic acids is 2. The number of hydrogen-bond acceptors (Lipinski definition) is 8. The van der Waals surface area contributed by atoms with Crippen molar-refractivity contribution in [2.45, 2.75) is 12.7 Å². The van der Waals surface area contributed by atoms with Crippen molar-refractivity contribution in [2.75, 3.05) is 5.32 Å². The van der Waals surface area contributed by atoms with Crippen molar-refractivity contribution in [3.63, 3.8) is 0 Å². The highest BCUT2D eigenvalue weighted by atomic mass is 32.1. The zero-order valence-corrected chi connectivity index (χ0v) is 14.7. The van der Waals surface area contributed by atoms with Crippen LogP contribution in [-0.4, -0.2) is 37.0 Å². The molecule has 27 heavy (non-hydrogen) atoms. The lowest BCUT2D eigenvalue weighted by Gasteiger charge is -2.01. The van der Waals surface area contributed by atoms with Crippen LogP contribution < -0.4 is 10.8 Å². The highest BCUT2D eigenvalue weighted by Crippen LogP contribution is 2.33. The van der Waals surface area contributed by atoms with Crippen molar-refractivity contribution in [1.29, 1.82) is 0 Å². The maximum atomic E-state index is 12.5. The van der Waals surface area contributed by atoms with Crippen LogP contribution in [0.1, 0.15) is 14.7 Å². The molecule has 0 aliphatic rings. The van der Waals surface area contributed by atoms with E-state index in [9.17, 15) is 22.8 Å². The average molecular weight is 418 g/mol. The number of nitrogens with zero attached hydrogens (tertiary/aromatic N) is 4. The molecular weight excluding hydrogens is 409 g/mol. The molecule has 3 heterocycles. The molecule has 0 fully saturated rings. The number of hydrogen-bond donors (Lipinski definition) is 3. The quantitative estimate of drug-likeness (QED) is 0.432. The SMILES string of the molecule is O=C(Cn1ccc(-c2ccc(C(=O)NO)s2)n1)Nc1nnc(C(F)(F)F)s1. The van der Waals surface area contributed by atoms with Gasteiger partial charge in [-0.3, -0.25) is 24.8 Å². The van der Waals surface area contributed by atoms with Gasteiger partial charge in [-0.05, 0) is 18.2 Å². The minimum atomic E-state index is -4.62. The smallest absolute Gasteiger partial charge is 0.299 e. The highest BCUT2D eigenvalue weighted by Gasteiger charge is 2.35. The number of rotatable bonds is 5. The van der Waals surface area contributed by atoms with Gasteiger partial charge >= 0.3 is 6.18 Å². The van der Waals surface area contributed by atoms with Crippen LogP contribution in [0.3, 0.4) is 0 Å². The maximum absolute atomic E-state index is 12.5. The van der Waals surface area contributed by atoms with Crippen LogP contribution in [-0.2, 0) is 17.5 Å². The van der Waals surface area contributed by atoms with E-state index in [0.717, 1.165) is 11.3 Å². The van der Waals surface area contributed by atoms with E-state index in [0.29, 0.717) is 10.6 Å². The predicted molar refractivity (Wildman–Crippen MR) is 88.3 cm³/mol. The molecule has 0 aromatic carbocycles. The monoisotopic (exact) mass is 418 g/mol. The summed E-state index contributed by atoms with van der Waals surface area (Å²) in [5, 5.41) is 19.8. The Kier molecular flexibility index (Phi) is 5.20. The lowest BCUT2D eigenvalue weighted by molar-refractivity contribution is -0.138. The van der Waals surface area contributed by atoms with Gasteiger partial charge in [-0.2, -0.15) is 18.3 Å². The Bertz CT molecular complexity index is 980. The van der Waals surface area contributed by atoms with Gasteiger partial charge in [0.15, 0.2) is 0 Å².